The first-order chi connectivity index (χ1) is 9.97. The third-order valence-corrected chi connectivity index (χ3v) is 3.53. The molecule has 0 aromatic heterocycles. The Morgan fingerprint density at radius 2 is 1.81 bits per heavy atom. The Balaban J connectivity index is 1.98. The quantitative estimate of drug-likeness (QED) is 0.680. The van der Waals surface area contributed by atoms with Crippen LogP contribution in [0.3, 0.4) is 0 Å². The second-order valence-corrected chi connectivity index (χ2v) is 5.54. The fourth-order valence-corrected chi connectivity index (χ4v) is 2.00. The highest BCUT2D eigenvalue weighted by Crippen LogP contribution is 2.17. The van der Waals surface area contributed by atoms with Gasteiger partial charge in [0.15, 0.2) is 0 Å². The summed E-state index contributed by atoms with van der Waals surface area (Å²) in [7, 11) is 0. The van der Waals surface area contributed by atoms with Gasteiger partial charge in [-0.25, -0.2) is 4.79 Å². The molecular formula is C18H21NO2. The third-order valence-electron chi connectivity index (χ3n) is 3.53. The SMILES string of the molecule is Cc1ccc(C(=O)OCc2ccc(C(C)C)cc2)cc1N. The summed E-state index contributed by atoms with van der Waals surface area (Å²) in [6.07, 6.45) is 0. The van der Waals surface area contributed by atoms with E-state index in [0.717, 1.165) is 11.1 Å². The van der Waals surface area contributed by atoms with E-state index in [4.69, 9.17) is 10.5 Å². The summed E-state index contributed by atoms with van der Waals surface area (Å²) in [5, 5.41) is 0. The molecule has 110 valence electrons. The smallest absolute Gasteiger partial charge is 0.338 e. The predicted octanol–water partition coefficient (Wildman–Crippen LogP) is 4.06. The van der Waals surface area contributed by atoms with Crippen molar-refractivity contribution in [1.82, 2.24) is 0 Å². The lowest BCUT2D eigenvalue weighted by atomic mass is 10.0. The maximum Gasteiger partial charge on any atom is 0.338 e. The number of rotatable bonds is 4. The zero-order chi connectivity index (χ0) is 15.4. The molecule has 0 amide bonds. The number of anilines is 1. The number of aryl methyl sites for hydroxylation is 1. The lowest BCUT2D eigenvalue weighted by Gasteiger charge is -2.09. The van der Waals surface area contributed by atoms with Gasteiger partial charge in [0.05, 0.1) is 5.56 Å². The van der Waals surface area contributed by atoms with E-state index in [-0.39, 0.29) is 12.6 Å². The standard InChI is InChI=1S/C18H21NO2/c1-12(2)15-8-5-14(6-9-15)11-21-18(20)16-7-4-13(3)17(19)10-16/h4-10,12H,11,19H2,1-3H3. The zero-order valence-corrected chi connectivity index (χ0v) is 12.7. The van der Waals surface area contributed by atoms with E-state index < -0.39 is 0 Å². The normalized spacial score (nSPS) is 10.7. The molecule has 0 spiro atoms. The van der Waals surface area contributed by atoms with Gasteiger partial charge in [-0.15, -0.1) is 0 Å². The molecule has 21 heavy (non-hydrogen) atoms. The van der Waals surface area contributed by atoms with Crippen molar-refractivity contribution in [2.75, 3.05) is 5.73 Å². The molecule has 3 nitrogen and oxygen atoms in total. The Kier molecular flexibility index (Phi) is 4.63. The van der Waals surface area contributed by atoms with Crippen LogP contribution in [0.2, 0.25) is 0 Å². The van der Waals surface area contributed by atoms with Crippen LogP contribution in [0.5, 0.6) is 0 Å². The highest BCUT2D eigenvalue weighted by molar-refractivity contribution is 5.90. The molecule has 0 aliphatic carbocycles. The summed E-state index contributed by atoms with van der Waals surface area (Å²) < 4.78 is 5.31. The Labute approximate surface area is 125 Å². The van der Waals surface area contributed by atoms with Gasteiger partial charge in [0.25, 0.3) is 0 Å². The lowest BCUT2D eigenvalue weighted by molar-refractivity contribution is 0.0473. The minimum absolute atomic E-state index is 0.269. The predicted molar refractivity (Wildman–Crippen MR) is 85.2 cm³/mol. The third kappa shape index (κ3) is 3.85. The number of carbonyl (C=O) groups is 1. The average Bonchev–Trinajstić information content (AvgIpc) is 2.48. The summed E-state index contributed by atoms with van der Waals surface area (Å²) in [4.78, 5) is 12.0. The van der Waals surface area contributed by atoms with Crippen molar-refractivity contribution in [2.24, 2.45) is 0 Å². The van der Waals surface area contributed by atoms with Crippen molar-refractivity contribution in [3.05, 3.63) is 64.7 Å². The van der Waals surface area contributed by atoms with Crippen molar-refractivity contribution in [2.45, 2.75) is 33.3 Å². The van der Waals surface area contributed by atoms with Crippen LogP contribution in [-0.4, -0.2) is 5.97 Å². The molecule has 2 rings (SSSR count). The molecule has 0 bridgehead atoms. The summed E-state index contributed by atoms with van der Waals surface area (Å²) in [6, 6.07) is 13.3. The molecule has 0 radical (unpaired) electrons. The number of nitrogens with two attached hydrogens (primary N) is 1. The van der Waals surface area contributed by atoms with Crippen LogP contribution in [0.25, 0.3) is 0 Å². The molecule has 0 atom stereocenters. The molecule has 2 aromatic rings. The molecule has 0 heterocycles. The van der Waals surface area contributed by atoms with E-state index in [0.29, 0.717) is 17.2 Å². The maximum atomic E-state index is 12.0. The van der Waals surface area contributed by atoms with Crippen LogP contribution < -0.4 is 5.73 Å². The van der Waals surface area contributed by atoms with Gasteiger partial charge >= 0.3 is 5.97 Å². The Hall–Kier alpha value is -2.29. The summed E-state index contributed by atoms with van der Waals surface area (Å²) >= 11 is 0. The topological polar surface area (TPSA) is 52.3 Å². The van der Waals surface area contributed by atoms with E-state index >= 15 is 0 Å². The van der Waals surface area contributed by atoms with Gasteiger partial charge in [-0.1, -0.05) is 44.2 Å². The first-order valence-corrected chi connectivity index (χ1v) is 7.09. The fraction of sp³-hybridized carbons (Fsp3) is 0.278. The molecule has 0 fully saturated rings. The Bertz CT molecular complexity index is 630. The van der Waals surface area contributed by atoms with E-state index in [2.05, 4.69) is 26.0 Å². The first kappa shape index (κ1) is 15.1. The van der Waals surface area contributed by atoms with Crippen LogP contribution >= 0.6 is 0 Å². The van der Waals surface area contributed by atoms with E-state index in [1.165, 1.54) is 5.56 Å². The zero-order valence-electron chi connectivity index (χ0n) is 12.7. The number of hydrogen-bond donors (Lipinski definition) is 1. The highest BCUT2D eigenvalue weighted by atomic mass is 16.5. The number of ether oxygens (including phenoxy) is 1. The second kappa shape index (κ2) is 6.44. The largest absolute Gasteiger partial charge is 0.457 e. The minimum Gasteiger partial charge on any atom is -0.457 e. The Morgan fingerprint density at radius 1 is 1.14 bits per heavy atom. The summed E-state index contributed by atoms with van der Waals surface area (Å²) in [5.74, 6) is 0.145. The molecular weight excluding hydrogens is 262 g/mol. The van der Waals surface area contributed by atoms with Crippen LogP contribution in [0, 0.1) is 6.92 Å². The maximum absolute atomic E-state index is 12.0. The molecule has 0 saturated carbocycles. The number of carbonyl (C=O) groups excluding carboxylic acids is 1. The first-order valence-electron chi connectivity index (χ1n) is 7.09. The summed E-state index contributed by atoms with van der Waals surface area (Å²) in [6.45, 7) is 6.47. The minimum atomic E-state index is -0.352. The van der Waals surface area contributed by atoms with Crippen molar-refractivity contribution in [3.63, 3.8) is 0 Å². The van der Waals surface area contributed by atoms with Crippen molar-refractivity contribution in [3.8, 4) is 0 Å². The van der Waals surface area contributed by atoms with E-state index in [9.17, 15) is 4.79 Å². The van der Waals surface area contributed by atoms with Crippen LogP contribution in [0.15, 0.2) is 42.5 Å². The molecule has 2 aromatic carbocycles. The fourth-order valence-electron chi connectivity index (χ4n) is 2.00. The number of benzene rings is 2. The lowest BCUT2D eigenvalue weighted by Crippen LogP contribution is -2.06. The van der Waals surface area contributed by atoms with Crippen molar-refractivity contribution < 1.29 is 9.53 Å². The van der Waals surface area contributed by atoms with Gasteiger partial charge in [0.2, 0.25) is 0 Å². The van der Waals surface area contributed by atoms with Gasteiger partial charge in [0, 0.05) is 5.69 Å². The number of esters is 1. The highest BCUT2D eigenvalue weighted by Gasteiger charge is 2.09. The average molecular weight is 283 g/mol. The van der Waals surface area contributed by atoms with Crippen LogP contribution in [0.1, 0.15) is 46.8 Å². The monoisotopic (exact) mass is 283 g/mol. The van der Waals surface area contributed by atoms with Gasteiger partial charge < -0.3 is 10.5 Å². The van der Waals surface area contributed by atoms with Gasteiger partial charge in [-0.2, -0.15) is 0 Å². The second-order valence-electron chi connectivity index (χ2n) is 5.54. The van der Waals surface area contributed by atoms with Gasteiger partial charge in [-0.3, -0.25) is 0 Å². The van der Waals surface area contributed by atoms with Crippen molar-refractivity contribution >= 4 is 11.7 Å². The molecule has 0 saturated heterocycles. The molecule has 3 heteroatoms. The number of hydrogen-bond acceptors (Lipinski definition) is 3. The summed E-state index contributed by atoms with van der Waals surface area (Å²) in [5.41, 5.74) is 10.1. The number of nitrogen functional groups attached to an aromatic ring is 1. The van der Waals surface area contributed by atoms with E-state index in [1.807, 2.05) is 25.1 Å². The van der Waals surface area contributed by atoms with Crippen LogP contribution in [0.4, 0.5) is 5.69 Å². The Morgan fingerprint density at radius 3 is 2.38 bits per heavy atom. The molecule has 0 aliphatic rings. The molecule has 0 aliphatic heterocycles. The van der Waals surface area contributed by atoms with Gasteiger partial charge in [0.1, 0.15) is 6.61 Å². The molecule has 0 unspecified atom stereocenters. The van der Waals surface area contributed by atoms with E-state index in [1.54, 1.807) is 12.1 Å². The van der Waals surface area contributed by atoms with Crippen LogP contribution in [-0.2, 0) is 11.3 Å². The molecule has 2 N–H and O–H groups in total. The van der Waals surface area contributed by atoms with Crippen molar-refractivity contribution in [1.29, 1.82) is 0 Å². The van der Waals surface area contributed by atoms with Gasteiger partial charge in [-0.05, 0) is 41.7 Å².